The minimum Gasteiger partial charge on any atom is -0.497 e. The van der Waals surface area contributed by atoms with Crippen LogP contribution in [0.5, 0.6) is 5.75 Å². The van der Waals surface area contributed by atoms with Crippen molar-refractivity contribution in [3.63, 3.8) is 0 Å². The third-order valence-corrected chi connectivity index (χ3v) is 3.59. The van der Waals surface area contributed by atoms with E-state index >= 15 is 0 Å². The molecule has 3 heteroatoms. The molecule has 0 spiro atoms. The zero-order valence-corrected chi connectivity index (χ0v) is 10.7. The first-order valence-electron chi connectivity index (χ1n) is 6.39. The van der Waals surface area contributed by atoms with Crippen molar-refractivity contribution < 1.29 is 9.53 Å². The second-order valence-electron chi connectivity index (χ2n) is 4.80. The van der Waals surface area contributed by atoms with E-state index in [1.807, 2.05) is 36.4 Å². The van der Waals surface area contributed by atoms with Crippen LogP contribution in [0.15, 0.2) is 48.7 Å². The Morgan fingerprint density at radius 2 is 2.00 bits per heavy atom. The number of rotatable bonds is 4. The Kier molecular flexibility index (Phi) is 3.03. The fourth-order valence-corrected chi connectivity index (χ4v) is 2.40. The van der Waals surface area contributed by atoms with Crippen molar-refractivity contribution in [3.05, 3.63) is 59.9 Å². The van der Waals surface area contributed by atoms with Gasteiger partial charge in [-0.25, -0.2) is 0 Å². The van der Waals surface area contributed by atoms with Crippen molar-refractivity contribution in [1.29, 1.82) is 0 Å². The van der Waals surface area contributed by atoms with Gasteiger partial charge in [-0.05, 0) is 42.2 Å². The summed E-state index contributed by atoms with van der Waals surface area (Å²) in [5.41, 5.74) is 1.78. The van der Waals surface area contributed by atoms with Crippen LogP contribution in [0.1, 0.15) is 28.4 Å². The number of methoxy groups -OCH3 is 1. The summed E-state index contributed by atoms with van der Waals surface area (Å²) >= 11 is 0. The quantitative estimate of drug-likeness (QED) is 0.786. The van der Waals surface area contributed by atoms with Gasteiger partial charge in [0.25, 0.3) is 0 Å². The number of ether oxygens (including phenoxy) is 1. The molecule has 1 aliphatic carbocycles. The lowest BCUT2D eigenvalue weighted by molar-refractivity contribution is 0.0960. The maximum atomic E-state index is 12.2. The minimum absolute atomic E-state index is 0.0864. The van der Waals surface area contributed by atoms with E-state index in [0.717, 1.165) is 12.2 Å². The molecule has 1 saturated carbocycles. The van der Waals surface area contributed by atoms with Crippen molar-refractivity contribution in [2.75, 3.05) is 7.11 Å². The van der Waals surface area contributed by atoms with Crippen molar-refractivity contribution in [2.24, 2.45) is 5.92 Å². The first-order chi connectivity index (χ1) is 9.29. The lowest BCUT2D eigenvalue weighted by atomic mass is 10.1. The molecule has 1 aromatic heterocycles. The lowest BCUT2D eigenvalue weighted by Crippen LogP contribution is -2.05. The summed E-state index contributed by atoms with van der Waals surface area (Å²) in [6.07, 6.45) is 2.58. The van der Waals surface area contributed by atoms with E-state index in [9.17, 15) is 4.79 Å². The predicted octanol–water partition coefficient (Wildman–Crippen LogP) is 3.08. The van der Waals surface area contributed by atoms with E-state index in [-0.39, 0.29) is 11.7 Å². The zero-order chi connectivity index (χ0) is 13.2. The molecule has 0 aliphatic heterocycles. The molecule has 0 bridgehead atoms. The molecule has 3 rings (SSSR count). The highest BCUT2D eigenvalue weighted by Gasteiger charge is 2.44. The van der Waals surface area contributed by atoms with Crippen LogP contribution >= 0.6 is 0 Å². The summed E-state index contributed by atoms with van der Waals surface area (Å²) in [5, 5.41) is 0. The highest BCUT2D eigenvalue weighted by molar-refractivity contribution is 5.98. The third kappa shape index (κ3) is 2.36. The molecular weight excluding hydrogens is 238 g/mol. The zero-order valence-electron chi connectivity index (χ0n) is 10.7. The molecule has 0 saturated heterocycles. The average Bonchev–Trinajstić information content (AvgIpc) is 3.28. The molecular formula is C16H15NO2. The van der Waals surface area contributed by atoms with E-state index in [2.05, 4.69) is 4.98 Å². The summed E-state index contributed by atoms with van der Waals surface area (Å²) in [4.78, 5) is 16.4. The van der Waals surface area contributed by atoms with Crippen LogP contribution in [0.25, 0.3) is 0 Å². The standard InChI is InChI=1S/C16H15NO2/c1-19-12-7-5-11(6-8-12)13-10-14(13)16(18)15-4-2-3-9-17-15/h2-9,13-14H,10H2,1H3/t13-,14+/m0/s1. The van der Waals surface area contributed by atoms with Crippen LogP contribution in [0.4, 0.5) is 0 Å². The van der Waals surface area contributed by atoms with Crippen molar-refractivity contribution in [3.8, 4) is 5.75 Å². The SMILES string of the molecule is COc1ccc([C@@H]2C[C@H]2C(=O)c2ccccn2)cc1. The highest BCUT2D eigenvalue weighted by Crippen LogP contribution is 2.49. The van der Waals surface area contributed by atoms with Crippen LogP contribution in [0, 0.1) is 5.92 Å². The van der Waals surface area contributed by atoms with Crippen LogP contribution in [-0.2, 0) is 0 Å². The number of aromatic nitrogens is 1. The maximum Gasteiger partial charge on any atom is 0.184 e. The number of nitrogens with zero attached hydrogens (tertiary/aromatic N) is 1. The van der Waals surface area contributed by atoms with Gasteiger partial charge in [0.05, 0.1) is 7.11 Å². The number of carbonyl (C=O) groups excluding carboxylic acids is 1. The van der Waals surface area contributed by atoms with Crippen LogP contribution < -0.4 is 4.74 Å². The Morgan fingerprint density at radius 1 is 1.21 bits per heavy atom. The molecule has 19 heavy (non-hydrogen) atoms. The summed E-state index contributed by atoms with van der Waals surface area (Å²) in [5.74, 6) is 1.42. The molecule has 1 aromatic carbocycles. The summed E-state index contributed by atoms with van der Waals surface area (Å²) in [6, 6.07) is 13.4. The Bertz CT molecular complexity index is 577. The molecule has 0 unspecified atom stereocenters. The summed E-state index contributed by atoms with van der Waals surface area (Å²) in [7, 11) is 1.65. The smallest absolute Gasteiger partial charge is 0.184 e. The van der Waals surface area contributed by atoms with Gasteiger partial charge in [0.15, 0.2) is 5.78 Å². The fraction of sp³-hybridized carbons (Fsp3) is 0.250. The van der Waals surface area contributed by atoms with E-state index in [0.29, 0.717) is 11.6 Å². The van der Waals surface area contributed by atoms with Gasteiger partial charge in [0.2, 0.25) is 0 Å². The molecule has 1 fully saturated rings. The molecule has 2 aromatic rings. The monoisotopic (exact) mass is 253 g/mol. The van der Waals surface area contributed by atoms with Gasteiger partial charge in [-0.1, -0.05) is 18.2 Å². The van der Waals surface area contributed by atoms with E-state index in [4.69, 9.17) is 4.74 Å². The van der Waals surface area contributed by atoms with E-state index in [1.165, 1.54) is 5.56 Å². The Morgan fingerprint density at radius 3 is 2.63 bits per heavy atom. The number of hydrogen-bond donors (Lipinski definition) is 0. The molecule has 2 atom stereocenters. The maximum absolute atomic E-state index is 12.2. The van der Waals surface area contributed by atoms with Gasteiger partial charge < -0.3 is 4.74 Å². The molecule has 0 N–H and O–H groups in total. The number of benzene rings is 1. The Hall–Kier alpha value is -2.16. The van der Waals surface area contributed by atoms with Crippen molar-refractivity contribution >= 4 is 5.78 Å². The summed E-state index contributed by atoms with van der Waals surface area (Å²) in [6.45, 7) is 0. The Labute approximate surface area is 112 Å². The fourth-order valence-electron chi connectivity index (χ4n) is 2.40. The van der Waals surface area contributed by atoms with Gasteiger partial charge in [0, 0.05) is 12.1 Å². The normalized spacial score (nSPS) is 20.9. The molecule has 96 valence electrons. The first-order valence-corrected chi connectivity index (χ1v) is 6.39. The Balaban J connectivity index is 1.72. The summed E-state index contributed by atoms with van der Waals surface area (Å²) < 4.78 is 5.14. The number of hydrogen-bond acceptors (Lipinski definition) is 3. The topological polar surface area (TPSA) is 39.2 Å². The van der Waals surface area contributed by atoms with Crippen molar-refractivity contribution in [1.82, 2.24) is 4.98 Å². The van der Waals surface area contributed by atoms with Crippen LogP contribution in [0.3, 0.4) is 0 Å². The van der Waals surface area contributed by atoms with Gasteiger partial charge >= 0.3 is 0 Å². The third-order valence-electron chi connectivity index (χ3n) is 3.59. The average molecular weight is 253 g/mol. The molecule has 1 aliphatic rings. The van der Waals surface area contributed by atoms with Gasteiger partial charge in [0.1, 0.15) is 11.4 Å². The van der Waals surface area contributed by atoms with Crippen LogP contribution in [0.2, 0.25) is 0 Å². The van der Waals surface area contributed by atoms with Gasteiger partial charge in [-0.2, -0.15) is 0 Å². The van der Waals surface area contributed by atoms with Crippen LogP contribution in [-0.4, -0.2) is 17.9 Å². The minimum atomic E-state index is 0.0864. The lowest BCUT2D eigenvalue weighted by Gasteiger charge is -2.03. The second-order valence-corrected chi connectivity index (χ2v) is 4.80. The van der Waals surface area contributed by atoms with Gasteiger partial charge in [-0.3, -0.25) is 9.78 Å². The molecule has 1 heterocycles. The number of Topliss-reactive ketones (excluding diaryl/α,β-unsaturated/α-hetero) is 1. The second kappa shape index (κ2) is 4.84. The molecule has 0 amide bonds. The van der Waals surface area contributed by atoms with E-state index in [1.54, 1.807) is 19.4 Å². The molecule has 0 radical (unpaired) electrons. The van der Waals surface area contributed by atoms with Gasteiger partial charge in [-0.15, -0.1) is 0 Å². The predicted molar refractivity (Wildman–Crippen MR) is 72.4 cm³/mol. The number of carbonyl (C=O) groups is 1. The number of ketones is 1. The molecule has 3 nitrogen and oxygen atoms in total. The van der Waals surface area contributed by atoms with Crippen molar-refractivity contribution in [2.45, 2.75) is 12.3 Å². The highest BCUT2D eigenvalue weighted by atomic mass is 16.5. The van der Waals surface area contributed by atoms with E-state index < -0.39 is 0 Å². The first kappa shape index (κ1) is 11.9. The number of pyridine rings is 1. The largest absolute Gasteiger partial charge is 0.497 e.